The molecule has 0 fully saturated rings. The average Bonchev–Trinajstić information content (AvgIpc) is 1.79. The van der Waals surface area contributed by atoms with Crippen LogP contribution in [0.15, 0.2) is 48.5 Å². The van der Waals surface area contributed by atoms with Crippen molar-refractivity contribution in [1.82, 2.24) is 45.3 Å². The normalized spacial score (nSPS) is 11.8. The van der Waals surface area contributed by atoms with Crippen molar-refractivity contribution in [2.24, 2.45) is 5.73 Å². The molecule has 2 aromatic carbocycles. The van der Waals surface area contributed by atoms with Gasteiger partial charge in [0.1, 0.15) is 6.04 Å². The summed E-state index contributed by atoms with van der Waals surface area (Å²) in [6.45, 7) is -7.90. The van der Waals surface area contributed by atoms with Gasteiger partial charge in [-0.05, 0) is 73.1 Å². The number of aliphatic carboxylic acids is 10. The van der Waals surface area contributed by atoms with Gasteiger partial charge in [0.05, 0.1) is 77.0 Å². The summed E-state index contributed by atoms with van der Waals surface area (Å²) in [4.78, 5) is 149. The zero-order chi connectivity index (χ0) is 66.0. The van der Waals surface area contributed by atoms with Crippen LogP contribution in [0.25, 0.3) is 0 Å². The van der Waals surface area contributed by atoms with Gasteiger partial charge in [-0.3, -0.25) is 86.9 Å². The minimum Gasteiger partial charge on any atom is -0.480 e. The number of carboxylic acids is 10. The number of amides is 2. The predicted octanol–water partition coefficient (Wildman–Crippen LogP) is -3.62. The van der Waals surface area contributed by atoms with Crippen molar-refractivity contribution in [1.29, 1.82) is 0 Å². The van der Waals surface area contributed by atoms with Crippen molar-refractivity contribution in [3.63, 3.8) is 0 Å². The first-order valence-electron chi connectivity index (χ1n) is 27.0. The topological polar surface area (TPSA) is 532 Å². The van der Waals surface area contributed by atoms with E-state index in [-0.39, 0.29) is 169 Å². The van der Waals surface area contributed by atoms with E-state index in [4.69, 9.17) is 30.2 Å². The fraction of sp³-hybridized carbons (Fsp3) is 0.500. The summed E-state index contributed by atoms with van der Waals surface area (Å²) >= 11 is 10.9. The summed E-state index contributed by atoms with van der Waals surface area (Å²) in [6.07, 6.45) is 1.44. The summed E-state index contributed by atoms with van der Waals surface area (Å²) in [5.74, 6) is -14.7. The summed E-state index contributed by atoms with van der Waals surface area (Å²) in [5, 5.41) is 106. The maximum absolute atomic E-state index is 12.9. The van der Waals surface area contributed by atoms with Crippen LogP contribution in [0, 0.1) is 87.3 Å². The molecule has 2 amide bonds. The van der Waals surface area contributed by atoms with Crippen LogP contribution in [-0.4, -0.2) is 303 Å². The van der Waals surface area contributed by atoms with Crippen LogP contribution < -0.4 is 27.0 Å². The third-order valence-corrected chi connectivity index (χ3v) is 13.3. The third kappa shape index (κ3) is 42.3. The van der Waals surface area contributed by atoms with Gasteiger partial charge in [0.15, 0.2) is 5.11 Å². The van der Waals surface area contributed by atoms with E-state index in [0.717, 1.165) is 25.2 Å². The molecule has 2 aromatic rings. The first kappa shape index (κ1) is 90.2. The van der Waals surface area contributed by atoms with E-state index in [1.165, 1.54) is 9.80 Å². The third-order valence-electron chi connectivity index (χ3n) is 12.8. The van der Waals surface area contributed by atoms with E-state index >= 15 is 0 Å². The maximum atomic E-state index is 12.9. The van der Waals surface area contributed by atoms with Crippen LogP contribution in [-0.2, 0) is 76.8 Å². The number of anilines is 1. The van der Waals surface area contributed by atoms with Crippen LogP contribution in [0.4, 0.5) is 5.69 Å². The predicted molar refractivity (Wildman–Crippen MR) is 327 cm³/mol. The molecule has 18 N–H and O–H groups in total. The maximum Gasteiger partial charge on any atom is 3.00 e. The van der Waals surface area contributed by atoms with E-state index in [2.05, 4.69) is 21.3 Å². The zero-order valence-electron chi connectivity index (χ0n) is 50.0. The number of thiocarbonyl (C=S) groups is 2. The number of nitrogens with two attached hydrogens (primary N) is 1. The molecule has 2 unspecified atom stereocenters. The summed E-state index contributed by atoms with van der Waals surface area (Å²) in [5.41, 5.74) is 7.94. The Morgan fingerprint density at radius 3 is 1.14 bits per heavy atom. The Balaban J connectivity index is -0.0000198. The van der Waals surface area contributed by atoms with E-state index in [0.29, 0.717) is 41.2 Å². The molecule has 92 heavy (non-hydrogen) atoms. The first-order valence-corrected chi connectivity index (χ1v) is 27.8. The molecule has 1 radical (unpaired) electrons. The van der Waals surface area contributed by atoms with Gasteiger partial charge in [-0.25, -0.2) is 0 Å². The van der Waals surface area contributed by atoms with Gasteiger partial charge in [-0.2, -0.15) is 0 Å². The minimum absolute atomic E-state index is 0. The van der Waals surface area contributed by atoms with Gasteiger partial charge in [-0.15, -0.1) is 0 Å². The van der Waals surface area contributed by atoms with Crippen LogP contribution in [0.2, 0.25) is 0 Å². The number of nitrogens with zero attached hydrogens (tertiary/aromatic N) is 6. The molecule has 0 aromatic heterocycles. The molecule has 0 heterocycles. The van der Waals surface area contributed by atoms with Crippen LogP contribution in [0.5, 0.6) is 0 Å². The van der Waals surface area contributed by atoms with Crippen LogP contribution >= 0.6 is 24.4 Å². The number of rotatable bonds is 48. The zero-order valence-corrected chi connectivity index (χ0v) is 56.1. The summed E-state index contributed by atoms with van der Waals surface area (Å²) in [6, 6.07) is 10.4. The second kappa shape index (κ2) is 48.7. The number of hydrogen-bond donors (Lipinski definition) is 15. The van der Waals surface area contributed by atoms with Gasteiger partial charge in [0.2, 0.25) is 11.8 Å². The largest absolute Gasteiger partial charge is 3.00 e. The molecule has 2 rings (SSSR count). The number of carbonyl (C=O) groups excluding carboxylic acids is 2. The smallest absolute Gasteiger partial charge is 0.480 e. The molecule has 0 saturated heterocycles. The Hall–Kier alpha value is -5.97. The molecule has 515 valence electrons. The van der Waals surface area contributed by atoms with Gasteiger partial charge in [0, 0.05) is 110 Å². The average molecular weight is 1630 g/mol. The number of primary amides is 1. The molecule has 0 aliphatic carbocycles. The van der Waals surface area contributed by atoms with Crippen molar-refractivity contribution in [2.45, 2.75) is 56.7 Å². The molecular weight excluding hydrogens is 1550 g/mol. The Morgan fingerprint density at radius 2 is 0.793 bits per heavy atom. The van der Waals surface area contributed by atoms with E-state index < -0.39 is 155 Å². The summed E-state index contributed by atoms with van der Waals surface area (Å²) in [7, 11) is 0. The van der Waals surface area contributed by atoms with Crippen molar-refractivity contribution >= 4 is 112 Å². The summed E-state index contributed by atoms with van der Waals surface area (Å²) < 4.78 is 0. The first-order chi connectivity index (χ1) is 41.3. The second-order valence-corrected chi connectivity index (χ2v) is 21.1. The van der Waals surface area contributed by atoms with E-state index in [1.54, 1.807) is 48.5 Å². The molecule has 0 aliphatic heterocycles. The number of carboxylic acid groups (broad SMARTS) is 10. The Morgan fingerprint density at radius 1 is 0.467 bits per heavy atom. The molecule has 0 saturated carbocycles. The SMILES string of the molecule is NC(=O)C(CCCCNC(=S)Cc1ccc(C[C@@H](CN(CCN(CC(=O)O)CC(=O)O)CC(=O)O)N(CC(=O)O)CC(=O)O)cc1)NC(=O)CNC(=S)Nc1ccc(CC(CN(CCN(CC(=O)O)CC(=O)O)CC(=O)O)N(CC(=O)O)CC(=O)O)cc1.O.[CH3-].[Gd+3].[Gd]. The number of carbonyl (C=O) groups is 12. The molecule has 0 bridgehead atoms. The number of hydrogen-bond acceptors (Lipinski definition) is 20. The van der Waals surface area contributed by atoms with Crippen molar-refractivity contribution in [3.8, 4) is 0 Å². The van der Waals surface area contributed by atoms with Crippen molar-refractivity contribution < 1.29 is 194 Å². The fourth-order valence-corrected chi connectivity index (χ4v) is 9.48. The van der Waals surface area contributed by atoms with E-state index in [1.807, 2.05) is 0 Å². The quantitative estimate of drug-likeness (QED) is 0.0173. The van der Waals surface area contributed by atoms with Crippen LogP contribution in [0.1, 0.15) is 36.0 Å². The molecule has 3 atom stereocenters. The minimum atomic E-state index is -1.37. The second-order valence-electron chi connectivity index (χ2n) is 20.2. The molecular formula is C54H80Gd2N11O23S2+2. The molecule has 0 aliphatic rings. The van der Waals surface area contributed by atoms with Crippen molar-refractivity contribution in [2.75, 3.05) is 123 Å². The molecule has 38 heteroatoms. The fourth-order valence-electron chi connectivity index (χ4n) is 9.03. The Bertz CT molecular complexity index is 2700. The standard InChI is InChI=1S/C53H75N11O22S2.CH3.2Gd.H2O/c54-52(86)39(3-1-2-12-55-41(87)19-35-6-4-33(5-7-35)17-37(63(29-48(78)79)30-49(80)81)21-59(23-42(66)67)13-15-61(25-44(70)71)26-45(72)73)58-40(65)20-56-53(88)57-36-10-8-34(9-11-36)18-38(64(31-50(82)83)32-51(84)85)22-60(24-43(68)69)14-16-62(27-46(74)75)28-47(76)77;;;;/h4-11,37-39H,1-3,12-32H2,(H2,54,86)(H,55,87)(H,58,65)(H,66,67)(H,68,69)(H,70,71)(H,72,73)(H,74,75)(H,76,77)(H,78,79)(H,80,81)(H,82,83)(H,84,85)(H2,56,57,88);1H3;;;1H2/q;-1;;+3;/t37-,38?,39?;;;;/m0..../s1. The Labute approximate surface area is 603 Å². The van der Waals surface area contributed by atoms with Crippen LogP contribution in [0.3, 0.4) is 0 Å². The number of nitrogens with one attached hydrogen (secondary N) is 4. The molecule has 0 spiro atoms. The molecule has 34 nitrogen and oxygen atoms in total. The van der Waals surface area contributed by atoms with Gasteiger partial charge < -0.3 is 91.0 Å². The van der Waals surface area contributed by atoms with E-state index in [9.17, 15) is 109 Å². The monoisotopic (exact) mass is 1630 g/mol. The van der Waals surface area contributed by atoms with Gasteiger partial charge >= 0.3 is 99.6 Å². The Kier molecular flexibility index (Phi) is 47.8. The van der Waals surface area contributed by atoms with Gasteiger partial charge in [0.25, 0.3) is 0 Å². The van der Waals surface area contributed by atoms with Crippen molar-refractivity contribution in [3.05, 3.63) is 72.6 Å². The number of benzene rings is 2. The number of unbranched alkanes of at least 4 members (excludes halogenated alkanes) is 1. The van der Waals surface area contributed by atoms with Gasteiger partial charge in [-0.1, -0.05) is 48.6 Å².